The number of nitrogen functional groups attached to an aromatic ring is 1. The van der Waals surface area contributed by atoms with Crippen molar-refractivity contribution in [3.05, 3.63) is 36.4 Å². The van der Waals surface area contributed by atoms with Gasteiger partial charge in [0.05, 0.1) is 4.90 Å². The third-order valence-corrected chi connectivity index (χ3v) is 4.95. The summed E-state index contributed by atoms with van der Waals surface area (Å²) < 4.78 is 27.5. The average Bonchev–Trinajstić information content (AvgIpc) is 2.43. The first-order chi connectivity index (χ1) is 9.44. The zero-order chi connectivity index (χ0) is 14.8. The van der Waals surface area contributed by atoms with E-state index in [2.05, 4.69) is 4.72 Å². The van der Waals surface area contributed by atoms with Gasteiger partial charge >= 0.3 is 0 Å². The molecule has 4 nitrogen and oxygen atoms in total. The van der Waals surface area contributed by atoms with Crippen LogP contribution in [0.3, 0.4) is 0 Å². The van der Waals surface area contributed by atoms with Gasteiger partial charge in [-0.3, -0.25) is 0 Å². The molecule has 0 saturated heterocycles. The Morgan fingerprint density at radius 1 is 1.25 bits per heavy atom. The first-order valence-corrected chi connectivity index (χ1v) is 8.20. The predicted molar refractivity (Wildman–Crippen MR) is 83.0 cm³/mol. The Kier molecular flexibility index (Phi) is 4.30. The van der Waals surface area contributed by atoms with Crippen molar-refractivity contribution < 1.29 is 8.42 Å². The second kappa shape index (κ2) is 5.81. The third kappa shape index (κ3) is 3.11. The number of nitrogens with one attached hydrogen (secondary N) is 1. The average molecular weight is 292 g/mol. The molecular weight excluding hydrogens is 272 g/mol. The maximum absolute atomic E-state index is 12.4. The van der Waals surface area contributed by atoms with Gasteiger partial charge < -0.3 is 5.73 Å². The Morgan fingerprint density at radius 3 is 2.70 bits per heavy atom. The van der Waals surface area contributed by atoms with Crippen LogP contribution in [-0.2, 0) is 10.0 Å². The highest BCUT2D eigenvalue weighted by Gasteiger charge is 2.17. The monoisotopic (exact) mass is 292 g/mol. The maximum atomic E-state index is 12.4. The fraction of sp³-hybridized carbons (Fsp3) is 0.333. The van der Waals surface area contributed by atoms with E-state index in [1.165, 1.54) is 0 Å². The largest absolute Gasteiger partial charge is 0.399 e. The van der Waals surface area contributed by atoms with E-state index in [4.69, 9.17) is 5.73 Å². The van der Waals surface area contributed by atoms with Crippen molar-refractivity contribution in [2.24, 2.45) is 5.92 Å². The summed E-state index contributed by atoms with van der Waals surface area (Å²) in [4.78, 5) is 0.304. The molecule has 0 aromatic heterocycles. The Bertz CT molecular complexity index is 711. The van der Waals surface area contributed by atoms with Crippen molar-refractivity contribution in [2.75, 3.05) is 12.3 Å². The molecule has 0 aliphatic carbocycles. The van der Waals surface area contributed by atoms with E-state index in [9.17, 15) is 8.42 Å². The molecule has 20 heavy (non-hydrogen) atoms. The molecular formula is C15H20N2O2S. The lowest BCUT2D eigenvalue weighted by Crippen LogP contribution is -2.28. The van der Waals surface area contributed by atoms with Crippen LogP contribution in [0.2, 0.25) is 0 Å². The third-order valence-electron chi connectivity index (χ3n) is 3.47. The molecule has 2 rings (SSSR count). The SMILES string of the molecule is CCC(C)CNS(=O)(=O)c1cccc2cc(N)ccc12. The molecule has 0 aliphatic rings. The Morgan fingerprint density at radius 2 is 2.00 bits per heavy atom. The van der Waals surface area contributed by atoms with Crippen molar-refractivity contribution >= 4 is 26.5 Å². The summed E-state index contributed by atoms with van der Waals surface area (Å²) in [5, 5.41) is 1.52. The number of rotatable bonds is 5. The molecule has 0 amide bonds. The number of nitrogens with two attached hydrogens (primary N) is 1. The second-order valence-electron chi connectivity index (χ2n) is 5.10. The van der Waals surface area contributed by atoms with E-state index in [1.807, 2.05) is 19.9 Å². The summed E-state index contributed by atoms with van der Waals surface area (Å²) in [6.45, 7) is 4.51. The van der Waals surface area contributed by atoms with Crippen molar-refractivity contribution in [1.82, 2.24) is 4.72 Å². The molecule has 1 unspecified atom stereocenters. The summed E-state index contributed by atoms with van der Waals surface area (Å²) in [5.41, 5.74) is 6.36. The highest BCUT2D eigenvalue weighted by Crippen LogP contribution is 2.24. The summed E-state index contributed by atoms with van der Waals surface area (Å²) in [6, 6.07) is 10.5. The number of hydrogen-bond donors (Lipinski definition) is 2. The normalized spacial score (nSPS) is 13.5. The fourth-order valence-electron chi connectivity index (χ4n) is 1.98. The topological polar surface area (TPSA) is 72.2 Å². The molecule has 0 radical (unpaired) electrons. The molecule has 0 saturated carbocycles. The fourth-order valence-corrected chi connectivity index (χ4v) is 3.37. The zero-order valence-electron chi connectivity index (χ0n) is 11.8. The molecule has 2 aromatic carbocycles. The molecule has 108 valence electrons. The molecule has 0 spiro atoms. The van der Waals surface area contributed by atoms with Crippen molar-refractivity contribution in [2.45, 2.75) is 25.2 Å². The second-order valence-corrected chi connectivity index (χ2v) is 6.84. The highest BCUT2D eigenvalue weighted by molar-refractivity contribution is 7.89. The number of sulfonamides is 1. The summed E-state index contributed by atoms with van der Waals surface area (Å²) >= 11 is 0. The van der Waals surface area contributed by atoms with Gasteiger partial charge in [-0.2, -0.15) is 0 Å². The van der Waals surface area contributed by atoms with Gasteiger partial charge in [0.25, 0.3) is 0 Å². The summed E-state index contributed by atoms with van der Waals surface area (Å²) in [5.74, 6) is 0.315. The number of fused-ring (bicyclic) bond motifs is 1. The first kappa shape index (κ1) is 14.8. The van der Waals surface area contributed by atoms with E-state index in [0.29, 0.717) is 28.4 Å². The van der Waals surface area contributed by atoms with Crippen LogP contribution in [0.5, 0.6) is 0 Å². The minimum Gasteiger partial charge on any atom is -0.399 e. The number of benzene rings is 2. The van der Waals surface area contributed by atoms with Gasteiger partial charge in [-0.05, 0) is 29.5 Å². The molecule has 0 bridgehead atoms. The van der Waals surface area contributed by atoms with Crippen LogP contribution in [0.1, 0.15) is 20.3 Å². The van der Waals surface area contributed by atoms with Crippen LogP contribution in [0.25, 0.3) is 10.8 Å². The van der Waals surface area contributed by atoms with E-state index in [-0.39, 0.29) is 0 Å². The maximum Gasteiger partial charge on any atom is 0.241 e. The van der Waals surface area contributed by atoms with Crippen LogP contribution in [-0.4, -0.2) is 15.0 Å². The van der Waals surface area contributed by atoms with Crippen molar-refractivity contribution in [3.8, 4) is 0 Å². The van der Waals surface area contributed by atoms with Crippen LogP contribution in [0, 0.1) is 5.92 Å². The summed E-state index contributed by atoms with van der Waals surface area (Å²) in [7, 11) is -3.50. The van der Waals surface area contributed by atoms with Gasteiger partial charge in [-0.15, -0.1) is 0 Å². The molecule has 0 heterocycles. The Balaban J connectivity index is 2.41. The lowest BCUT2D eigenvalue weighted by molar-refractivity contribution is 0.529. The molecule has 1 atom stereocenters. The molecule has 2 aromatic rings. The predicted octanol–water partition coefficient (Wildman–Crippen LogP) is 2.75. The van der Waals surface area contributed by atoms with Gasteiger partial charge in [-0.25, -0.2) is 13.1 Å². The molecule has 5 heteroatoms. The van der Waals surface area contributed by atoms with Gasteiger partial charge in [-0.1, -0.05) is 38.5 Å². The first-order valence-electron chi connectivity index (χ1n) is 6.72. The van der Waals surface area contributed by atoms with Gasteiger partial charge in [0.2, 0.25) is 10.0 Å². The van der Waals surface area contributed by atoms with Crippen molar-refractivity contribution in [1.29, 1.82) is 0 Å². The van der Waals surface area contributed by atoms with E-state index >= 15 is 0 Å². The lowest BCUT2D eigenvalue weighted by atomic mass is 10.1. The molecule has 3 N–H and O–H groups in total. The van der Waals surface area contributed by atoms with Gasteiger partial charge in [0.15, 0.2) is 0 Å². The van der Waals surface area contributed by atoms with E-state index < -0.39 is 10.0 Å². The minimum atomic E-state index is -3.50. The van der Waals surface area contributed by atoms with Crippen molar-refractivity contribution in [3.63, 3.8) is 0 Å². The standard InChI is InChI=1S/C15H20N2O2S/c1-3-11(2)10-17-20(18,19)15-6-4-5-12-9-13(16)7-8-14(12)15/h4-9,11,17H,3,10,16H2,1-2H3. The number of hydrogen-bond acceptors (Lipinski definition) is 3. The molecule has 0 aliphatic heterocycles. The van der Waals surface area contributed by atoms with Crippen LogP contribution >= 0.6 is 0 Å². The smallest absolute Gasteiger partial charge is 0.241 e. The Hall–Kier alpha value is -1.59. The van der Waals surface area contributed by atoms with E-state index in [0.717, 1.165) is 11.8 Å². The quantitative estimate of drug-likeness (QED) is 0.832. The van der Waals surface area contributed by atoms with Gasteiger partial charge in [0, 0.05) is 17.6 Å². The minimum absolute atomic E-state index is 0.304. The van der Waals surface area contributed by atoms with Crippen LogP contribution < -0.4 is 10.5 Å². The Labute approximate surface area is 120 Å². The van der Waals surface area contributed by atoms with Crippen LogP contribution in [0.4, 0.5) is 5.69 Å². The molecule has 0 fully saturated rings. The number of anilines is 1. The summed E-state index contributed by atoms with van der Waals surface area (Å²) in [6.07, 6.45) is 0.939. The highest BCUT2D eigenvalue weighted by atomic mass is 32.2. The zero-order valence-corrected chi connectivity index (χ0v) is 12.6. The lowest BCUT2D eigenvalue weighted by Gasteiger charge is -2.12. The van der Waals surface area contributed by atoms with Gasteiger partial charge in [0.1, 0.15) is 0 Å². The van der Waals surface area contributed by atoms with E-state index in [1.54, 1.807) is 30.3 Å². The van der Waals surface area contributed by atoms with Crippen LogP contribution in [0.15, 0.2) is 41.3 Å².